The number of rotatable bonds is 5. The highest BCUT2D eigenvalue weighted by Gasteiger charge is 2.18. The van der Waals surface area contributed by atoms with E-state index in [9.17, 15) is 13.6 Å². The minimum Gasteiger partial charge on any atom is -0.330 e. The number of carbonyl (C=O) groups is 1. The number of nitrogens with two attached hydrogens (primary N) is 1. The maximum atomic E-state index is 13.3. The Morgan fingerprint density at radius 2 is 2.00 bits per heavy atom. The number of carbonyl (C=O) groups excluding carboxylic acids is 1. The summed E-state index contributed by atoms with van der Waals surface area (Å²) in [5.41, 5.74) is 5.03. The van der Waals surface area contributed by atoms with Gasteiger partial charge in [-0.2, -0.15) is 0 Å². The summed E-state index contributed by atoms with van der Waals surface area (Å²) in [5, 5.41) is 2.25. The molecule has 0 radical (unpaired) electrons. The van der Waals surface area contributed by atoms with Gasteiger partial charge in [-0.25, -0.2) is 8.78 Å². The molecule has 3 N–H and O–H groups in total. The van der Waals surface area contributed by atoms with E-state index in [-0.39, 0.29) is 6.54 Å². The van der Waals surface area contributed by atoms with Crippen LogP contribution in [0.3, 0.4) is 0 Å². The monoisotopic (exact) mass is 242 g/mol. The lowest BCUT2D eigenvalue weighted by molar-refractivity contribution is -0.119. The van der Waals surface area contributed by atoms with E-state index in [1.807, 2.05) is 6.92 Å². The average Bonchev–Trinajstić information content (AvgIpc) is 2.30. The molecule has 17 heavy (non-hydrogen) atoms. The van der Waals surface area contributed by atoms with Gasteiger partial charge in [0.2, 0.25) is 5.91 Å². The van der Waals surface area contributed by atoms with E-state index in [4.69, 9.17) is 5.73 Å². The summed E-state index contributed by atoms with van der Waals surface area (Å²) in [7, 11) is 0. The molecule has 5 heteroatoms. The first-order valence-corrected chi connectivity index (χ1v) is 5.55. The van der Waals surface area contributed by atoms with Crippen molar-refractivity contribution in [1.82, 2.24) is 0 Å². The Labute approximate surface area is 99.0 Å². The maximum Gasteiger partial charge on any atom is 0.228 e. The predicted molar refractivity (Wildman–Crippen MR) is 62.4 cm³/mol. The normalized spacial score (nSPS) is 12.2. The van der Waals surface area contributed by atoms with E-state index >= 15 is 0 Å². The first-order valence-electron chi connectivity index (χ1n) is 5.55. The predicted octanol–water partition coefficient (Wildman–Crippen LogP) is 2.28. The van der Waals surface area contributed by atoms with Crippen LogP contribution in [0.1, 0.15) is 19.8 Å². The van der Waals surface area contributed by atoms with E-state index in [2.05, 4.69) is 5.32 Å². The molecular formula is C12H16F2N2O. The summed E-state index contributed by atoms with van der Waals surface area (Å²) >= 11 is 0. The number of nitrogens with one attached hydrogen (secondary N) is 1. The molecule has 0 aliphatic carbocycles. The van der Waals surface area contributed by atoms with Crippen molar-refractivity contribution in [2.45, 2.75) is 19.8 Å². The zero-order valence-electron chi connectivity index (χ0n) is 9.67. The second kappa shape index (κ2) is 6.30. The van der Waals surface area contributed by atoms with Crippen LogP contribution in [-0.4, -0.2) is 12.5 Å². The van der Waals surface area contributed by atoms with E-state index < -0.39 is 29.1 Å². The van der Waals surface area contributed by atoms with Crippen molar-refractivity contribution in [2.24, 2.45) is 11.7 Å². The molecule has 94 valence electrons. The van der Waals surface area contributed by atoms with E-state index in [0.717, 1.165) is 18.6 Å². The number of anilines is 1. The smallest absolute Gasteiger partial charge is 0.228 e. The molecule has 0 spiro atoms. The van der Waals surface area contributed by atoms with Crippen LogP contribution in [0.5, 0.6) is 0 Å². The van der Waals surface area contributed by atoms with Gasteiger partial charge >= 0.3 is 0 Å². The van der Waals surface area contributed by atoms with Crippen LogP contribution in [0.15, 0.2) is 18.2 Å². The summed E-state index contributed by atoms with van der Waals surface area (Å²) in [5.74, 6) is -2.44. The fraction of sp³-hybridized carbons (Fsp3) is 0.417. The lowest BCUT2D eigenvalue weighted by atomic mass is 10.0. The van der Waals surface area contributed by atoms with E-state index in [1.165, 1.54) is 6.07 Å². The van der Waals surface area contributed by atoms with Crippen LogP contribution in [-0.2, 0) is 4.79 Å². The first kappa shape index (κ1) is 13.6. The zero-order chi connectivity index (χ0) is 12.8. The van der Waals surface area contributed by atoms with Gasteiger partial charge < -0.3 is 11.1 Å². The quantitative estimate of drug-likeness (QED) is 0.832. The second-order valence-electron chi connectivity index (χ2n) is 3.81. The minimum absolute atomic E-state index is 0.162. The van der Waals surface area contributed by atoms with Crippen molar-refractivity contribution in [2.75, 3.05) is 11.9 Å². The van der Waals surface area contributed by atoms with Crippen LogP contribution >= 0.6 is 0 Å². The standard InChI is InChI=1S/C12H16F2N2O/c1-2-4-8(7-15)12(17)16-11-9(13)5-3-6-10(11)14/h3,5-6,8H,2,4,7,15H2,1H3,(H,16,17). The lowest BCUT2D eigenvalue weighted by Gasteiger charge is -2.14. The molecular weight excluding hydrogens is 226 g/mol. The third-order valence-corrected chi connectivity index (χ3v) is 2.50. The summed E-state index contributed by atoms with van der Waals surface area (Å²) in [6.07, 6.45) is 1.38. The Balaban J connectivity index is 2.80. The molecule has 1 aromatic rings. The van der Waals surface area contributed by atoms with Crippen molar-refractivity contribution in [1.29, 1.82) is 0 Å². The highest BCUT2D eigenvalue weighted by Crippen LogP contribution is 2.19. The topological polar surface area (TPSA) is 55.1 Å². The third kappa shape index (κ3) is 3.49. The molecule has 3 nitrogen and oxygen atoms in total. The molecule has 1 amide bonds. The molecule has 1 aromatic carbocycles. The van der Waals surface area contributed by atoms with Crippen LogP contribution in [0, 0.1) is 17.6 Å². The molecule has 1 rings (SSSR count). The van der Waals surface area contributed by atoms with Gasteiger partial charge in [0.25, 0.3) is 0 Å². The number of hydrogen-bond acceptors (Lipinski definition) is 2. The van der Waals surface area contributed by atoms with Gasteiger partial charge in [-0.05, 0) is 18.6 Å². The van der Waals surface area contributed by atoms with Crippen LogP contribution < -0.4 is 11.1 Å². The summed E-state index contributed by atoms with van der Waals surface area (Å²) in [4.78, 5) is 11.7. The molecule has 0 aromatic heterocycles. The highest BCUT2D eigenvalue weighted by molar-refractivity contribution is 5.92. The van der Waals surface area contributed by atoms with Gasteiger partial charge in [0.1, 0.15) is 17.3 Å². The fourth-order valence-electron chi connectivity index (χ4n) is 1.55. The van der Waals surface area contributed by atoms with Crippen molar-refractivity contribution < 1.29 is 13.6 Å². The summed E-state index contributed by atoms with van der Waals surface area (Å²) in [6.45, 7) is 2.08. The van der Waals surface area contributed by atoms with Crippen LogP contribution in [0.4, 0.5) is 14.5 Å². The molecule has 0 aliphatic heterocycles. The molecule has 0 saturated heterocycles. The number of para-hydroxylation sites is 1. The Morgan fingerprint density at radius 3 is 2.47 bits per heavy atom. The average molecular weight is 242 g/mol. The Bertz CT molecular complexity index is 376. The molecule has 0 fully saturated rings. The van der Waals surface area contributed by atoms with Gasteiger partial charge in [-0.3, -0.25) is 4.79 Å². The SMILES string of the molecule is CCCC(CN)C(=O)Nc1c(F)cccc1F. The summed E-state index contributed by atoms with van der Waals surface area (Å²) in [6, 6.07) is 3.43. The Kier molecular flexibility index (Phi) is 5.03. The van der Waals surface area contributed by atoms with Crippen molar-refractivity contribution >= 4 is 11.6 Å². The zero-order valence-corrected chi connectivity index (χ0v) is 9.67. The number of benzene rings is 1. The minimum atomic E-state index is -0.786. The number of halogens is 2. The molecule has 0 heterocycles. The van der Waals surface area contributed by atoms with Crippen molar-refractivity contribution in [3.05, 3.63) is 29.8 Å². The largest absolute Gasteiger partial charge is 0.330 e. The molecule has 0 bridgehead atoms. The van der Waals surface area contributed by atoms with E-state index in [0.29, 0.717) is 6.42 Å². The number of hydrogen-bond donors (Lipinski definition) is 2. The van der Waals surface area contributed by atoms with E-state index in [1.54, 1.807) is 0 Å². The maximum absolute atomic E-state index is 13.3. The van der Waals surface area contributed by atoms with Gasteiger partial charge in [-0.15, -0.1) is 0 Å². The second-order valence-corrected chi connectivity index (χ2v) is 3.81. The lowest BCUT2D eigenvalue weighted by Crippen LogP contribution is -2.29. The summed E-state index contributed by atoms with van der Waals surface area (Å²) < 4.78 is 26.6. The van der Waals surface area contributed by atoms with Crippen molar-refractivity contribution in [3.63, 3.8) is 0 Å². The fourth-order valence-corrected chi connectivity index (χ4v) is 1.55. The molecule has 1 unspecified atom stereocenters. The molecule has 1 atom stereocenters. The highest BCUT2D eigenvalue weighted by atomic mass is 19.1. The van der Waals surface area contributed by atoms with Crippen LogP contribution in [0.2, 0.25) is 0 Å². The van der Waals surface area contributed by atoms with Crippen LogP contribution in [0.25, 0.3) is 0 Å². The van der Waals surface area contributed by atoms with Gasteiger partial charge in [0.05, 0.1) is 5.92 Å². The number of amides is 1. The van der Waals surface area contributed by atoms with Gasteiger partial charge in [0.15, 0.2) is 0 Å². The first-order chi connectivity index (χ1) is 8.10. The molecule has 0 saturated carbocycles. The third-order valence-electron chi connectivity index (χ3n) is 2.50. The molecule has 0 aliphatic rings. The Hall–Kier alpha value is -1.49. The van der Waals surface area contributed by atoms with Crippen molar-refractivity contribution in [3.8, 4) is 0 Å². The Morgan fingerprint density at radius 1 is 1.41 bits per heavy atom. The van der Waals surface area contributed by atoms with Gasteiger partial charge in [-0.1, -0.05) is 19.4 Å². The van der Waals surface area contributed by atoms with Gasteiger partial charge in [0, 0.05) is 6.54 Å².